The van der Waals surface area contributed by atoms with Crippen molar-refractivity contribution in [1.82, 2.24) is 14.9 Å². The number of rotatable bonds is 5. The van der Waals surface area contributed by atoms with E-state index in [1.54, 1.807) is 18.5 Å². The summed E-state index contributed by atoms with van der Waals surface area (Å²) in [5.41, 5.74) is 0.818. The number of aromatic nitrogens is 2. The van der Waals surface area contributed by atoms with Gasteiger partial charge >= 0.3 is 0 Å². The minimum Gasteiger partial charge on any atom is -0.338 e. The fourth-order valence-electron chi connectivity index (χ4n) is 2.82. The van der Waals surface area contributed by atoms with E-state index in [2.05, 4.69) is 19.8 Å². The van der Waals surface area contributed by atoms with Gasteiger partial charge in [-0.15, -0.1) is 0 Å². The first-order chi connectivity index (χ1) is 10.8. The average Bonchev–Trinajstić information content (AvgIpc) is 2.58. The summed E-state index contributed by atoms with van der Waals surface area (Å²) >= 11 is 0. The number of piperazine rings is 1. The Labute approximate surface area is 130 Å². The monoisotopic (exact) mass is 300 g/mol. The summed E-state index contributed by atoms with van der Waals surface area (Å²) in [5, 5.41) is 0. The molecular weight excluding hydrogens is 279 g/mol. The largest absolute Gasteiger partial charge is 0.338 e. The van der Waals surface area contributed by atoms with Gasteiger partial charge in [0.2, 0.25) is 5.95 Å². The molecule has 1 aromatic carbocycles. The first kappa shape index (κ1) is 14.9. The van der Waals surface area contributed by atoms with E-state index in [1.165, 1.54) is 6.07 Å². The van der Waals surface area contributed by atoms with E-state index in [0.717, 1.165) is 57.1 Å². The van der Waals surface area contributed by atoms with Crippen LogP contribution in [-0.2, 0) is 6.42 Å². The van der Waals surface area contributed by atoms with E-state index in [9.17, 15) is 4.39 Å². The van der Waals surface area contributed by atoms with Crippen molar-refractivity contribution < 1.29 is 4.39 Å². The molecule has 2 heterocycles. The third-order valence-corrected chi connectivity index (χ3v) is 4.09. The molecule has 2 aromatic rings. The number of halogens is 1. The Balaban J connectivity index is 1.42. The summed E-state index contributed by atoms with van der Waals surface area (Å²) < 4.78 is 13.6. The van der Waals surface area contributed by atoms with Crippen LogP contribution in [0.25, 0.3) is 0 Å². The van der Waals surface area contributed by atoms with Gasteiger partial charge in [0.05, 0.1) is 0 Å². The quantitative estimate of drug-likeness (QED) is 0.848. The van der Waals surface area contributed by atoms with Crippen LogP contribution in [0.3, 0.4) is 0 Å². The van der Waals surface area contributed by atoms with E-state index in [0.29, 0.717) is 0 Å². The van der Waals surface area contributed by atoms with Crippen LogP contribution in [0.1, 0.15) is 12.0 Å². The molecule has 0 amide bonds. The SMILES string of the molecule is Fc1ccccc1CCCN1CCN(c2ncccn2)CC1. The minimum atomic E-state index is -0.0893. The molecule has 4 nitrogen and oxygen atoms in total. The number of hydrogen-bond acceptors (Lipinski definition) is 4. The first-order valence-corrected chi connectivity index (χ1v) is 7.80. The predicted molar refractivity (Wildman–Crippen MR) is 85.4 cm³/mol. The van der Waals surface area contributed by atoms with Crippen molar-refractivity contribution in [2.75, 3.05) is 37.6 Å². The van der Waals surface area contributed by atoms with Gasteiger partial charge in [0.15, 0.2) is 0 Å². The van der Waals surface area contributed by atoms with Gasteiger partial charge in [0, 0.05) is 38.6 Å². The Morgan fingerprint density at radius 1 is 0.955 bits per heavy atom. The van der Waals surface area contributed by atoms with E-state index in [4.69, 9.17) is 0 Å². The molecule has 1 fully saturated rings. The van der Waals surface area contributed by atoms with Gasteiger partial charge in [-0.25, -0.2) is 14.4 Å². The molecule has 0 bridgehead atoms. The summed E-state index contributed by atoms with van der Waals surface area (Å²) in [6.45, 7) is 4.93. The van der Waals surface area contributed by atoms with Gasteiger partial charge in [0.25, 0.3) is 0 Å². The molecule has 5 heteroatoms. The second-order valence-electron chi connectivity index (χ2n) is 5.57. The van der Waals surface area contributed by atoms with Gasteiger partial charge < -0.3 is 4.90 Å². The molecule has 3 rings (SSSR count). The summed E-state index contributed by atoms with van der Waals surface area (Å²) in [5.74, 6) is 0.724. The summed E-state index contributed by atoms with van der Waals surface area (Å²) in [6.07, 6.45) is 5.35. The maximum Gasteiger partial charge on any atom is 0.225 e. The highest BCUT2D eigenvalue weighted by Gasteiger charge is 2.18. The summed E-state index contributed by atoms with van der Waals surface area (Å²) in [6, 6.07) is 8.89. The van der Waals surface area contributed by atoms with Crippen LogP contribution in [0.15, 0.2) is 42.7 Å². The summed E-state index contributed by atoms with van der Waals surface area (Å²) in [4.78, 5) is 13.2. The fourth-order valence-corrected chi connectivity index (χ4v) is 2.82. The molecule has 0 aliphatic carbocycles. The Morgan fingerprint density at radius 3 is 2.41 bits per heavy atom. The van der Waals surface area contributed by atoms with Crippen LogP contribution in [0.2, 0.25) is 0 Å². The number of benzene rings is 1. The lowest BCUT2D eigenvalue weighted by atomic mass is 10.1. The molecule has 1 aliphatic rings. The highest BCUT2D eigenvalue weighted by molar-refractivity contribution is 5.29. The van der Waals surface area contributed by atoms with Gasteiger partial charge in [-0.1, -0.05) is 18.2 Å². The second-order valence-corrected chi connectivity index (χ2v) is 5.57. The Hall–Kier alpha value is -2.01. The zero-order valence-electron chi connectivity index (χ0n) is 12.7. The lowest BCUT2D eigenvalue weighted by molar-refractivity contribution is 0.253. The fraction of sp³-hybridized carbons (Fsp3) is 0.412. The Kier molecular flexibility index (Phi) is 4.96. The average molecular weight is 300 g/mol. The van der Waals surface area contributed by atoms with Crippen LogP contribution in [0.5, 0.6) is 0 Å². The zero-order chi connectivity index (χ0) is 15.2. The molecule has 1 saturated heterocycles. The van der Waals surface area contributed by atoms with Gasteiger partial charge in [0.1, 0.15) is 5.82 Å². The van der Waals surface area contributed by atoms with E-state index in [-0.39, 0.29) is 5.82 Å². The molecule has 22 heavy (non-hydrogen) atoms. The minimum absolute atomic E-state index is 0.0893. The molecular formula is C17H21FN4. The molecule has 1 aliphatic heterocycles. The van der Waals surface area contributed by atoms with Crippen LogP contribution in [0.4, 0.5) is 10.3 Å². The normalized spacial score (nSPS) is 16.0. The van der Waals surface area contributed by atoms with Crippen molar-refractivity contribution in [3.63, 3.8) is 0 Å². The Bertz CT molecular complexity index is 582. The maximum atomic E-state index is 13.6. The number of anilines is 1. The third-order valence-electron chi connectivity index (χ3n) is 4.09. The molecule has 0 atom stereocenters. The highest BCUT2D eigenvalue weighted by Crippen LogP contribution is 2.12. The molecule has 0 unspecified atom stereocenters. The molecule has 0 N–H and O–H groups in total. The van der Waals surface area contributed by atoms with Crippen LogP contribution in [-0.4, -0.2) is 47.6 Å². The molecule has 1 aromatic heterocycles. The van der Waals surface area contributed by atoms with Crippen molar-refractivity contribution in [1.29, 1.82) is 0 Å². The molecule has 0 radical (unpaired) electrons. The van der Waals surface area contributed by atoms with Crippen LogP contribution >= 0.6 is 0 Å². The van der Waals surface area contributed by atoms with E-state index >= 15 is 0 Å². The topological polar surface area (TPSA) is 32.3 Å². The third kappa shape index (κ3) is 3.80. The molecule has 0 saturated carbocycles. The highest BCUT2D eigenvalue weighted by atomic mass is 19.1. The smallest absolute Gasteiger partial charge is 0.225 e. The van der Waals surface area contributed by atoms with Crippen molar-refractivity contribution in [3.8, 4) is 0 Å². The number of aryl methyl sites for hydroxylation is 1. The standard InChI is InChI=1S/C17H21FN4/c18-16-7-2-1-5-15(16)6-3-10-21-11-13-22(14-12-21)17-19-8-4-9-20-17/h1-2,4-5,7-9H,3,6,10-14H2. The predicted octanol–water partition coefficient (Wildman–Crippen LogP) is 2.37. The number of hydrogen-bond donors (Lipinski definition) is 0. The first-order valence-electron chi connectivity index (χ1n) is 7.80. The second kappa shape index (κ2) is 7.31. The lowest BCUT2D eigenvalue weighted by Gasteiger charge is -2.34. The lowest BCUT2D eigenvalue weighted by Crippen LogP contribution is -2.47. The van der Waals surface area contributed by atoms with Crippen LogP contribution < -0.4 is 4.90 Å². The van der Waals surface area contributed by atoms with E-state index < -0.39 is 0 Å². The molecule has 116 valence electrons. The van der Waals surface area contributed by atoms with Crippen molar-refractivity contribution in [2.45, 2.75) is 12.8 Å². The zero-order valence-corrected chi connectivity index (χ0v) is 12.7. The van der Waals surface area contributed by atoms with Crippen LogP contribution in [0, 0.1) is 5.82 Å². The maximum absolute atomic E-state index is 13.6. The van der Waals surface area contributed by atoms with Gasteiger partial charge in [-0.05, 0) is 37.1 Å². The van der Waals surface area contributed by atoms with E-state index in [1.807, 2.05) is 18.2 Å². The van der Waals surface area contributed by atoms with Gasteiger partial charge in [-0.3, -0.25) is 4.90 Å². The van der Waals surface area contributed by atoms with Gasteiger partial charge in [-0.2, -0.15) is 0 Å². The Morgan fingerprint density at radius 2 is 1.68 bits per heavy atom. The summed E-state index contributed by atoms with van der Waals surface area (Å²) in [7, 11) is 0. The van der Waals surface area contributed by atoms with Crippen molar-refractivity contribution >= 4 is 5.95 Å². The number of nitrogens with zero attached hydrogens (tertiary/aromatic N) is 4. The molecule has 0 spiro atoms. The van der Waals surface area contributed by atoms with Crippen molar-refractivity contribution in [2.24, 2.45) is 0 Å². The van der Waals surface area contributed by atoms with Crippen molar-refractivity contribution in [3.05, 3.63) is 54.1 Å².